The Morgan fingerprint density at radius 3 is 2.30 bits per heavy atom. The van der Waals surface area contributed by atoms with E-state index in [0.717, 1.165) is 0 Å². The lowest BCUT2D eigenvalue weighted by Gasteiger charge is -2.33. The van der Waals surface area contributed by atoms with Crippen LogP contribution in [0.1, 0.15) is 31.3 Å². The van der Waals surface area contributed by atoms with Crippen LogP contribution in [0.5, 0.6) is 0 Å². The quantitative estimate of drug-likeness (QED) is 0.460. The van der Waals surface area contributed by atoms with E-state index in [-0.39, 0.29) is 31.5 Å². The van der Waals surface area contributed by atoms with Crippen LogP contribution in [0.3, 0.4) is 0 Å². The van der Waals surface area contributed by atoms with Crippen molar-refractivity contribution < 1.29 is 33.4 Å². The highest BCUT2D eigenvalue weighted by Gasteiger charge is 2.40. The van der Waals surface area contributed by atoms with Gasteiger partial charge in [-0.25, -0.2) is 4.98 Å². The molecular formula is C15H21N5O7. The maximum atomic E-state index is 12.3. The number of esters is 2. The first-order chi connectivity index (χ1) is 12.6. The van der Waals surface area contributed by atoms with Crippen LogP contribution in [0.25, 0.3) is 0 Å². The lowest BCUT2D eigenvalue weighted by atomic mass is 10.1. The predicted octanol–water partition coefficient (Wildman–Crippen LogP) is -1.29. The van der Waals surface area contributed by atoms with Crippen molar-refractivity contribution in [3.8, 4) is 0 Å². The van der Waals surface area contributed by atoms with Gasteiger partial charge < -0.3 is 29.4 Å². The van der Waals surface area contributed by atoms with E-state index in [1.807, 2.05) is 0 Å². The number of aromatic nitrogens is 2. The molecule has 0 saturated carbocycles. The molecule has 1 aromatic rings. The Kier molecular flexibility index (Phi) is 6.13. The Labute approximate surface area is 154 Å². The number of anilines is 1. The van der Waals surface area contributed by atoms with Crippen LogP contribution in [0, 0.1) is 0 Å². The first kappa shape index (κ1) is 20.3. The Bertz CT molecular complexity index is 744. The first-order valence-corrected chi connectivity index (χ1v) is 7.96. The number of carbonyl (C=O) groups excluding carboxylic acids is 4. The number of amides is 1. The van der Waals surface area contributed by atoms with E-state index >= 15 is 0 Å². The number of nitrogens with one attached hydrogen (secondary N) is 2. The molecule has 0 aromatic carbocycles. The summed E-state index contributed by atoms with van der Waals surface area (Å²) in [6, 6.07) is 0. The predicted molar refractivity (Wildman–Crippen MR) is 89.1 cm³/mol. The van der Waals surface area contributed by atoms with Gasteiger partial charge in [-0.3, -0.25) is 24.9 Å². The van der Waals surface area contributed by atoms with Gasteiger partial charge in [-0.2, -0.15) is 0 Å². The number of ketones is 1. The summed E-state index contributed by atoms with van der Waals surface area (Å²) in [5.41, 5.74) is 5.91. The highest BCUT2D eigenvalue weighted by Crippen LogP contribution is 2.21. The minimum absolute atomic E-state index is 0.107. The minimum atomic E-state index is -1.74. The molecule has 0 aliphatic carbocycles. The van der Waals surface area contributed by atoms with E-state index in [2.05, 4.69) is 15.6 Å². The summed E-state index contributed by atoms with van der Waals surface area (Å²) in [7, 11) is 0. The molecule has 1 atom stereocenters. The van der Waals surface area contributed by atoms with Gasteiger partial charge in [-0.1, -0.05) is 0 Å². The Hall–Kier alpha value is -2.99. The minimum Gasteiger partial charge on any atom is -0.463 e. The molecule has 1 aliphatic heterocycles. The van der Waals surface area contributed by atoms with Crippen LogP contribution in [0.15, 0.2) is 6.33 Å². The number of hydrogen-bond donors (Lipinski definition) is 3. The molecule has 2 rings (SSSR count). The summed E-state index contributed by atoms with van der Waals surface area (Å²) in [5.74, 6) is -3.75. The zero-order chi connectivity index (χ0) is 20.2. The lowest BCUT2D eigenvalue weighted by molar-refractivity contribution is -0.154. The Morgan fingerprint density at radius 2 is 1.78 bits per heavy atom. The Morgan fingerprint density at radius 1 is 1.19 bits per heavy atom. The van der Waals surface area contributed by atoms with Gasteiger partial charge in [0.1, 0.15) is 26.0 Å². The fourth-order valence-electron chi connectivity index (χ4n) is 2.19. The van der Waals surface area contributed by atoms with Crippen molar-refractivity contribution in [3.63, 3.8) is 0 Å². The molecule has 0 radical (unpaired) electrons. The van der Waals surface area contributed by atoms with Gasteiger partial charge in [-0.15, -0.1) is 0 Å². The molecule has 4 N–H and O–H groups in total. The van der Waals surface area contributed by atoms with Crippen molar-refractivity contribution in [1.29, 1.82) is 0 Å². The lowest BCUT2D eigenvalue weighted by Crippen LogP contribution is -2.68. The third-order valence-corrected chi connectivity index (χ3v) is 3.63. The van der Waals surface area contributed by atoms with Crippen LogP contribution >= 0.6 is 0 Å². The van der Waals surface area contributed by atoms with Gasteiger partial charge in [-0.05, 0) is 0 Å². The smallest absolute Gasteiger partial charge is 0.302 e. The van der Waals surface area contributed by atoms with E-state index < -0.39 is 35.5 Å². The van der Waals surface area contributed by atoms with Gasteiger partial charge in [0.05, 0.1) is 6.33 Å². The van der Waals surface area contributed by atoms with Crippen molar-refractivity contribution in [1.82, 2.24) is 14.9 Å². The van der Waals surface area contributed by atoms with Gasteiger partial charge in [0.2, 0.25) is 5.79 Å². The molecule has 0 fully saturated rings. The van der Waals surface area contributed by atoms with Gasteiger partial charge in [0.15, 0.2) is 17.3 Å². The summed E-state index contributed by atoms with van der Waals surface area (Å²) in [5, 5.41) is 5.03. The van der Waals surface area contributed by atoms with E-state index in [9.17, 15) is 19.2 Å². The topological polar surface area (TPSA) is 164 Å². The number of hydrogen-bond acceptors (Lipinski definition) is 10. The van der Waals surface area contributed by atoms with Crippen LogP contribution in [-0.2, 0) is 35.3 Å². The van der Waals surface area contributed by atoms with Gasteiger partial charge in [0, 0.05) is 20.8 Å². The molecule has 1 aliphatic rings. The van der Waals surface area contributed by atoms with Crippen LogP contribution in [-0.4, -0.2) is 58.3 Å². The summed E-state index contributed by atoms with van der Waals surface area (Å²) in [6.45, 7) is 3.27. The second kappa shape index (κ2) is 8.14. The second-order valence-corrected chi connectivity index (χ2v) is 5.88. The van der Waals surface area contributed by atoms with Gasteiger partial charge in [0.25, 0.3) is 5.91 Å². The molecule has 12 heteroatoms. The molecular weight excluding hydrogens is 362 g/mol. The summed E-state index contributed by atoms with van der Waals surface area (Å²) < 4.78 is 16.7. The molecule has 0 saturated heterocycles. The fraction of sp³-hybridized carbons (Fsp3) is 0.533. The molecule has 1 unspecified atom stereocenters. The molecule has 12 nitrogen and oxygen atoms in total. The largest absolute Gasteiger partial charge is 0.463 e. The average Bonchev–Trinajstić information content (AvgIpc) is 2.96. The molecule has 2 heterocycles. The second-order valence-electron chi connectivity index (χ2n) is 5.88. The maximum Gasteiger partial charge on any atom is 0.302 e. The van der Waals surface area contributed by atoms with Crippen LogP contribution in [0.2, 0.25) is 0 Å². The van der Waals surface area contributed by atoms with Crippen LogP contribution < -0.4 is 16.4 Å². The highest BCUT2D eigenvalue weighted by molar-refractivity contribution is 6.05. The van der Waals surface area contributed by atoms with Crippen molar-refractivity contribution in [2.45, 2.75) is 39.4 Å². The summed E-state index contributed by atoms with van der Waals surface area (Å²) in [6.07, 6.45) is 0.568. The van der Waals surface area contributed by atoms with E-state index in [0.29, 0.717) is 0 Å². The molecule has 0 bridgehead atoms. The normalized spacial score (nSPS) is 18.3. The molecule has 1 aromatic heterocycles. The SMILES string of the molecule is CC(=O)OCC(COC(C)=O)OCn1cnc2c1C(=O)NC(N)(C(C)=O)N2. The zero-order valence-corrected chi connectivity index (χ0v) is 15.1. The molecule has 1 amide bonds. The number of rotatable bonds is 8. The van der Waals surface area contributed by atoms with Crippen molar-refractivity contribution in [2.75, 3.05) is 18.5 Å². The summed E-state index contributed by atoms with van der Waals surface area (Å²) in [4.78, 5) is 49.9. The number of fused-ring (bicyclic) bond motifs is 1. The number of ether oxygens (including phenoxy) is 3. The van der Waals surface area contributed by atoms with Crippen LogP contribution in [0.4, 0.5) is 5.82 Å². The number of imidazole rings is 1. The monoisotopic (exact) mass is 383 g/mol. The van der Waals surface area contributed by atoms with Crippen molar-refractivity contribution >= 4 is 29.4 Å². The van der Waals surface area contributed by atoms with Crippen molar-refractivity contribution in [2.24, 2.45) is 5.73 Å². The number of carbonyl (C=O) groups is 4. The number of nitrogens with two attached hydrogens (primary N) is 1. The zero-order valence-electron chi connectivity index (χ0n) is 15.1. The van der Waals surface area contributed by atoms with Gasteiger partial charge >= 0.3 is 11.9 Å². The fourth-order valence-corrected chi connectivity index (χ4v) is 2.19. The van der Waals surface area contributed by atoms with Crippen molar-refractivity contribution in [3.05, 3.63) is 12.0 Å². The molecule has 148 valence electrons. The third kappa shape index (κ3) is 5.01. The van der Waals surface area contributed by atoms with E-state index in [1.165, 1.54) is 31.7 Å². The number of nitrogens with zero attached hydrogens (tertiary/aromatic N) is 2. The van der Waals surface area contributed by atoms with E-state index in [4.69, 9.17) is 19.9 Å². The maximum absolute atomic E-state index is 12.3. The molecule has 0 spiro atoms. The average molecular weight is 383 g/mol. The number of Topliss-reactive ketones (excluding diaryl/α,β-unsaturated/α-hetero) is 1. The summed E-state index contributed by atoms with van der Waals surface area (Å²) >= 11 is 0. The van der Waals surface area contributed by atoms with E-state index in [1.54, 1.807) is 0 Å². The first-order valence-electron chi connectivity index (χ1n) is 7.96. The third-order valence-electron chi connectivity index (χ3n) is 3.63. The Balaban J connectivity index is 2.08. The highest BCUT2D eigenvalue weighted by atomic mass is 16.6. The molecule has 27 heavy (non-hydrogen) atoms. The standard InChI is InChI=1S/C15H21N5O7/c1-8(21)15(16)18-13-12(14(24)19-15)20(6-17-13)7-27-11(4-25-9(2)22)5-26-10(3)23/h6,11,18H,4-5,7,16H2,1-3H3,(H,19,24).